The summed E-state index contributed by atoms with van der Waals surface area (Å²) in [5.74, 6) is -1.77. The third-order valence-electron chi connectivity index (χ3n) is 0.584. The predicted molar refractivity (Wildman–Crippen MR) is 42.7 cm³/mol. The Morgan fingerprint density at radius 2 is 1.80 bits per heavy atom. The fourth-order valence-corrected chi connectivity index (χ4v) is 0.830. The molecule has 1 N–H and O–H groups in total. The molecule has 0 spiro atoms. The average Bonchev–Trinajstić information content (AvgIpc) is 1.60. The third-order valence-corrected chi connectivity index (χ3v) is 1.31. The van der Waals surface area contributed by atoms with Crippen LogP contribution in [0.15, 0.2) is 0 Å². The first kappa shape index (κ1) is 11.1. The number of alkyl halides is 4. The van der Waals surface area contributed by atoms with Crippen LogP contribution in [0.5, 0.6) is 0 Å². The van der Waals surface area contributed by atoms with E-state index in [0.29, 0.717) is 0 Å². The van der Waals surface area contributed by atoms with Gasteiger partial charge in [-0.2, -0.15) is 0 Å². The van der Waals surface area contributed by atoms with Gasteiger partial charge in [0.25, 0.3) is 3.98 Å². The van der Waals surface area contributed by atoms with Crippen LogP contribution in [-0.2, 0) is 4.74 Å². The van der Waals surface area contributed by atoms with Crippen LogP contribution in [0.2, 0.25) is 0 Å². The van der Waals surface area contributed by atoms with Gasteiger partial charge in [0.1, 0.15) is 0 Å². The second kappa shape index (κ2) is 3.65. The zero-order valence-electron chi connectivity index (χ0n) is 5.07. The highest BCUT2D eigenvalue weighted by atomic mass is 35.6. The van der Waals surface area contributed by atoms with E-state index in [1.54, 1.807) is 0 Å². The third kappa shape index (κ3) is 5.83. The molecule has 2 nitrogen and oxygen atoms in total. The normalized spacial score (nSPS) is 18.6. The van der Waals surface area contributed by atoms with Gasteiger partial charge in [-0.15, -0.1) is 11.6 Å². The molecule has 0 radical (unpaired) electrons. The topological polar surface area (TPSA) is 29.5 Å². The van der Waals surface area contributed by atoms with E-state index in [1.807, 2.05) is 0 Å². The molecule has 0 amide bonds. The maximum absolute atomic E-state index is 9.05. The number of halogens is 4. The molecule has 0 bridgehead atoms. The molecule has 6 heteroatoms. The molecule has 0 aliphatic carbocycles. The lowest BCUT2D eigenvalue weighted by molar-refractivity contribution is -0.177. The fourth-order valence-electron chi connectivity index (χ4n) is 0.277. The number of hydrogen-bond acceptors (Lipinski definition) is 2. The van der Waals surface area contributed by atoms with Crippen LogP contribution in [0.3, 0.4) is 0 Å². The van der Waals surface area contributed by atoms with Crippen LogP contribution in [-0.4, -0.2) is 20.8 Å². The number of ether oxygens (including phenoxy) is 1. The van der Waals surface area contributed by atoms with Crippen LogP contribution >= 0.6 is 46.4 Å². The van der Waals surface area contributed by atoms with Gasteiger partial charge in [0.05, 0.1) is 5.88 Å². The van der Waals surface area contributed by atoms with Crippen molar-refractivity contribution < 1.29 is 9.84 Å². The van der Waals surface area contributed by atoms with Crippen LogP contribution in [0.1, 0.15) is 6.92 Å². The summed E-state index contributed by atoms with van der Waals surface area (Å²) in [7, 11) is 0. The lowest BCUT2D eigenvalue weighted by Crippen LogP contribution is -2.35. The van der Waals surface area contributed by atoms with Gasteiger partial charge < -0.3 is 9.84 Å². The van der Waals surface area contributed by atoms with E-state index < -0.39 is 9.77 Å². The van der Waals surface area contributed by atoms with E-state index in [4.69, 9.17) is 51.5 Å². The van der Waals surface area contributed by atoms with Gasteiger partial charge >= 0.3 is 0 Å². The quantitative estimate of drug-likeness (QED) is 0.580. The molecule has 0 heterocycles. The van der Waals surface area contributed by atoms with E-state index in [2.05, 4.69) is 4.74 Å². The minimum atomic E-state index is -1.93. The summed E-state index contributed by atoms with van der Waals surface area (Å²) in [6.07, 6.45) is 0. The van der Waals surface area contributed by atoms with E-state index >= 15 is 0 Å². The number of aliphatic hydroxyl groups is 1. The standard InChI is InChI=1S/C4H6Cl4O2/c1-3(9,2-5)10-4(6,7)8/h9H,2H2,1H3. The van der Waals surface area contributed by atoms with Crippen LogP contribution in [0.25, 0.3) is 0 Å². The molecule has 0 aromatic carbocycles. The predicted octanol–water partition coefficient (Wildman–Crippen LogP) is 2.28. The first-order chi connectivity index (χ1) is 4.27. The molecular formula is C4H6Cl4O2. The average molecular weight is 228 g/mol. The van der Waals surface area contributed by atoms with Gasteiger partial charge in [0, 0.05) is 0 Å². The van der Waals surface area contributed by atoms with Crippen molar-refractivity contribution in [3.8, 4) is 0 Å². The van der Waals surface area contributed by atoms with Crippen molar-refractivity contribution in [1.82, 2.24) is 0 Å². The van der Waals surface area contributed by atoms with Crippen molar-refractivity contribution in [2.24, 2.45) is 0 Å². The number of hydrogen-bond donors (Lipinski definition) is 1. The summed E-state index contributed by atoms with van der Waals surface area (Å²) in [4.78, 5) is 0. The van der Waals surface area contributed by atoms with Crippen molar-refractivity contribution in [3.05, 3.63) is 0 Å². The van der Waals surface area contributed by atoms with Gasteiger partial charge in [0.2, 0.25) is 0 Å². The van der Waals surface area contributed by atoms with Gasteiger partial charge in [-0.25, -0.2) is 0 Å². The van der Waals surface area contributed by atoms with Gasteiger partial charge in [0.15, 0.2) is 5.79 Å². The maximum atomic E-state index is 9.05. The Morgan fingerprint density at radius 1 is 1.40 bits per heavy atom. The summed E-state index contributed by atoms with van der Waals surface area (Å²) >= 11 is 20.8. The largest absolute Gasteiger partial charge is 0.365 e. The molecular weight excluding hydrogens is 222 g/mol. The molecule has 0 aromatic rings. The molecule has 1 atom stereocenters. The Kier molecular flexibility index (Phi) is 4.05. The molecule has 62 valence electrons. The molecule has 0 aliphatic rings. The van der Waals surface area contributed by atoms with Crippen LogP contribution < -0.4 is 0 Å². The van der Waals surface area contributed by atoms with Gasteiger partial charge in [-0.05, 0) is 6.92 Å². The van der Waals surface area contributed by atoms with Crippen LogP contribution in [0, 0.1) is 0 Å². The molecule has 0 aliphatic heterocycles. The first-order valence-electron chi connectivity index (χ1n) is 2.32. The minimum absolute atomic E-state index is 0.166. The highest BCUT2D eigenvalue weighted by molar-refractivity contribution is 6.66. The van der Waals surface area contributed by atoms with Gasteiger partial charge in [-0.1, -0.05) is 34.8 Å². The second-order valence-electron chi connectivity index (χ2n) is 1.86. The lowest BCUT2D eigenvalue weighted by Gasteiger charge is -2.25. The highest BCUT2D eigenvalue weighted by Gasteiger charge is 2.32. The SMILES string of the molecule is CC(O)(CCl)OC(Cl)(Cl)Cl. The molecule has 0 saturated heterocycles. The summed E-state index contributed by atoms with van der Waals surface area (Å²) in [5.41, 5.74) is 0. The zero-order chi connectivity index (χ0) is 8.41. The van der Waals surface area contributed by atoms with Crippen molar-refractivity contribution >= 4 is 46.4 Å². The Morgan fingerprint density at radius 3 is 1.90 bits per heavy atom. The zero-order valence-corrected chi connectivity index (χ0v) is 8.10. The molecule has 0 fully saturated rings. The van der Waals surface area contributed by atoms with E-state index in [1.165, 1.54) is 6.92 Å². The first-order valence-corrected chi connectivity index (χ1v) is 3.99. The van der Waals surface area contributed by atoms with E-state index in [-0.39, 0.29) is 5.88 Å². The molecule has 0 saturated carbocycles. The number of rotatable bonds is 2. The van der Waals surface area contributed by atoms with Crippen molar-refractivity contribution in [2.45, 2.75) is 16.7 Å². The Labute approximate surface area is 79.0 Å². The maximum Gasteiger partial charge on any atom is 0.299 e. The van der Waals surface area contributed by atoms with E-state index in [9.17, 15) is 0 Å². The molecule has 0 aromatic heterocycles. The summed E-state index contributed by atoms with van der Waals surface area (Å²) in [6, 6.07) is 0. The van der Waals surface area contributed by atoms with Crippen molar-refractivity contribution in [2.75, 3.05) is 5.88 Å². The summed E-state index contributed by atoms with van der Waals surface area (Å²) in [6.45, 7) is 1.29. The smallest absolute Gasteiger partial charge is 0.299 e. The highest BCUT2D eigenvalue weighted by Crippen LogP contribution is 2.32. The minimum Gasteiger partial charge on any atom is -0.365 e. The second-order valence-corrected chi connectivity index (χ2v) is 4.30. The molecule has 1 unspecified atom stereocenters. The Balaban J connectivity index is 3.89. The van der Waals surface area contributed by atoms with Crippen molar-refractivity contribution in [3.63, 3.8) is 0 Å². The summed E-state index contributed by atoms with van der Waals surface area (Å²) in [5, 5.41) is 9.05. The molecule has 10 heavy (non-hydrogen) atoms. The fraction of sp³-hybridized carbons (Fsp3) is 1.00. The van der Waals surface area contributed by atoms with E-state index in [0.717, 1.165) is 0 Å². The lowest BCUT2D eigenvalue weighted by atomic mass is 10.4. The van der Waals surface area contributed by atoms with Crippen molar-refractivity contribution in [1.29, 1.82) is 0 Å². The Bertz CT molecular complexity index is 108. The monoisotopic (exact) mass is 226 g/mol. The summed E-state index contributed by atoms with van der Waals surface area (Å²) < 4.78 is 2.56. The Hall–Kier alpha value is 1.08. The molecule has 0 rings (SSSR count). The van der Waals surface area contributed by atoms with Gasteiger partial charge in [-0.3, -0.25) is 0 Å². The van der Waals surface area contributed by atoms with Crippen LogP contribution in [0.4, 0.5) is 0 Å².